The van der Waals surface area contributed by atoms with Crippen molar-refractivity contribution in [2.24, 2.45) is 0 Å². The summed E-state index contributed by atoms with van der Waals surface area (Å²) in [6.45, 7) is 11.4. The maximum atomic E-state index is 11.8. The summed E-state index contributed by atoms with van der Waals surface area (Å²) < 4.78 is 5.30. The second-order valence-electron chi connectivity index (χ2n) is 7.27. The normalized spacial score (nSPS) is 12.7. The molecule has 1 aromatic rings. The number of alkyl carbamates (subject to hydrolysis) is 1. The molecular formula is C20H34N2O2. The molecule has 24 heavy (non-hydrogen) atoms. The van der Waals surface area contributed by atoms with Gasteiger partial charge < -0.3 is 15.4 Å². The summed E-state index contributed by atoms with van der Waals surface area (Å²) >= 11 is 0. The number of hydrogen-bond donors (Lipinski definition) is 2. The maximum Gasteiger partial charge on any atom is 0.407 e. The topological polar surface area (TPSA) is 50.4 Å². The molecule has 2 N–H and O–H groups in total. The number of nitrogens with one attached hydrogen (secondary N) is 2. The van der Waals surface area contributed by atoms with E-state index in [-0.39, 0.29) is 12.1 Å². The van der Waals surface area contributed by atoms with Gasteiger partial charge in [-0.3, -0.25) is 0 Å². The van der Waals surface area contributed by atoms with E-state index in [1.165, 1.54) is 11.1 Å². The Bertz CT molecular complexity index is 477. The van der Waals surface area contributed by atoms with Gasteiger partial charge in [0.05, 0.1) is 0 Å². The summed E-state index contributed by atoms with van der Waals surface area (Å²) in [6.07, 6.45) is 4.04. The van der Waals surface area contributed by atoms with Crippen LogP contribution in [0.2, 0.25) is 0 Å². The van der Waals surface area contributed by atoms with E-state index in [0.717, 1.165) is 32.2 Å². The fraction of sp³-hybridized carbons (Fsp3) is 0.650. The first kappa shape index (κ1) is 20.5. The highest BCUT2D eigenvalue weighted by atomic mass is 16.6. The van der Waals surface area contributed by atoms with Crippen LogP contribution in [0.4, 0.5) is 4.79 Å². The van der Waals surface area contributed by atoms with Crippen molar-refractivity contribution in [1.82, 2.24) is 10.6 Å². The third kappa shape index (κ3) is 8.92. The van der Waals surface area contributed by atoms with E-state index in [2.05, 4.69) is 48.7 Å². The van der Waals surface area contributed by atoms with Gasteiger partial charge in [0.25, 0.3) is 0 Å². The fourth-order valence-corrected chi connectivity index (χ4v) is 2.40. The lowest BCUT2D eigenvalue weighted by Crippen LogP contribution is -2.42. The summed E-state index contributed by atoms with van der Waals surface area (Å²) in [4.78, 5) is 11.8. The average Bonchev–Trinajstić information content (AvgIpc) is 2.53. The Kier molecular flexibility index (Phi) is 8.83. The van der Waals surface area contributed by atoms with Crippen LogP contribution in [-0.2, 0) is 17.7 Å². The van der Waals surface area contributed by atoms with Crippen molar-refractivity contribution >= 4 is 6.09 Å². The molecule has 0 aliphatic carbocycles. The summed E-state index contributed by atoms with van der Waals surface area (Å²) in [5, 5.41) is 6.44. The third-order valence-electron chi connectivity index (χ3n) is 3.82. The Morgan fingerprint density at radius 1 is 1.12 bits per heavy atom. The SMILES string of the molecule is CCCCC(CNC(=O)OC(C)(C)C)NCc1ccc(CC)cc1. The minimum atomic E-state index is -0.461. The molecule has 0 saturated carbocycles. The number of rotatable bonds is 9. The monoisotopic (exact) mass is 334 g/mol. The van der Waals surface area contributed by atoms with Gasteiger partial charge in [-0.05, 0) is 44.7 Å². The predicted molar refractivity (Wildman–Crippen MR) is 100 cm³/mol. The molecule has 0 aliphatic heterocycles. The van der Waals surface area contributed by atoms with E-state index in [4.69, 9.17) is 4.74 Å². The van der Waals surface area contributed by atoms with Gasteiger partial charge >= 0.3 is 6.09 Å². The lowest BCUT2D eigenvalue weighted by molar-refractivity contribution is 0.0521. The number of carbonyl (C=O) groups is 1. The lowest BCUT2D eigenvalue weighted by Gasteiger charge is -2.23. The van der Waals surface area contributed by atoms with Crippen LogP contribution in [0.1, 0.15) is 65.0 Å². The molecule has 0 heterocycles. The van der Waals surface area contributed by atoms with Crippen LogP contribution in [0, 0.1) is 0 Å². The fourth-order valence-electron chi connectivity index (χ4n) is 2.40. The van der Waals surface area contributed by atoms with Crippen LogP contribution < -0.4 is 10.6 Å². The summed E-state index contributed by atoms with van der Waals surface area (Å²) in [5.41, 5.74) is 2.16. The number of aryl methyl sites for hydroxylation is 1. The van der Waals surface area contributed by atoms with Crippen molar-refractivity contribution in [2.45, 2.75) is 78.5 Å². The molecule has 4 heteroatoms. The van der Waals surface area contributed by atoms with E-state index in [1.54, 1.807) is 0 Å². The largest absolute Gasteiger partial charge is 0.444 e. The van der Waals surface area contributed by atoms with Crippen molar-refractivity contribution in [3.05, 3.63) is 35.4 Å². The Morgan fingerprint density at radius 2 is 1.75 bits per heavy atom. The van der Waals surface area contributed by atoms with Gasteiger partial charge in [0.2, 0.25) is 0 Å². The van der Waals surface area contributed by atoms with Gasteiger partial charge in [-0.25, -0.2) is 4.79 Å². The van der Waals surface area contributed by atoms with Gasteiger partial charge in [0.1, 0.15) is 5.60 Å². The molecule has 4 nitrogen and oxygen atoms in total. The molecule has 0 saturated heterocycles. The van der Waals surface area contributed by atoms with E-state index in [1.807, 2.05) is 20.8 Å². The molecule has 1 rings (SSSR count). The van der Waals surface area contributed by atoms with Crippen LogP contribution >= 0.6 is 0 Å². The van der Waals surface area contributed by atoms with E-state index in [9.17, 15) is 4.79 Å². The molecule has 0 aliphatic rings. The smallest absolute Gasteiger partial charge is 0.407 e. The quantitative estimate of drug-likeness (QED) is 0.703. The maximum absolute atomic E-state index is 11.8. The van der Waals surface area contributed by atoms with Gasteiger partial charge in [-0.15, -0.1) is 0 Å². The molecule has 1 amide bonds. The number of hydrogen-bond acceptors (Lipinski definition) is 3. The molecule has 0 bridgehead atoms. The molecule has 1 atom stereocenters. The van der Waals surface area contributed by atoms with Gasteiger partial charge in [0, 0.05) is 19.1 Å². The zero-order valence-electron chi connectivity index (χ0n) is 15.9. The second kappa shape index (κ2) is 10.3. The first-order valence-electron chi connectivity index (χ1n) is 9.12. The zero-order valence-corrected chi connectivity index (χ0v) is 15.9. The molecule has 0 spiro atoms. The minimum Gasteiger partial charge on any atom is -0.444 e. The molecule has 1 unspecified atom stereocenters. The Morgan fingerprint density at radius 3 is 2.29 bits per heavy atom. The summed E-state index contributed by atoms with van der Waals surface area (Å²) in [5.74, 6) is 0. The van der Waals surface area contributed by atoms with Crippen molar-refractivity contribution in [2.75, 3.05) is 6.54 Å². The first-order valence-corrected chi connectivity index (χ1v) is 9.12. The molecular weight excluding hydrogens is 300 g/mol. The van der Waals surface area contributed by atoms with Crippen LogP contribution in [0.25, 0.3) is 0 Å². The average molecular weight is 335 g/mol. The van der Waals surface area contributed by atoms with E-state index in [0.29, 0.717) is 6.54 Å². The number of benzene rings is 1. The predicted octanol–water partition coefficient (Wildman–Crippen LogP) is 4.42. The zero-order chi connectivity index (χ0) is 18.0. The summed E-state index contributed by atoms with van der Waals surface area (Å²) in [6, 6.07) is 8.95. The minimum absolute atomic E-state index is 0.253. The Balaban J connectivity index is 2.47. The standard InChI is InChI=1S/C20H34N2O2/c1-6-8-9-18(15-22-19(23)24-20(3,4)5)21-14-17-12-10-16(7-2)11-13-17/h10-13,18,21H,6-9,14-15H2,1-5H3,(H,22,23). The second-order valence-corrected chi connectivity index (χ2v) is 7.27. The Hall–Kier alpha value is -1.55. The number of unbranched alkanes of at least 4 members (excludes halogenated alkanes) is 1. The van der Waals surface area contributed by atoms with Crippen LogP contribution in [0.15, 0.2) is 24.3 Å². The van der Waals surface area contributed by atoms with Crippen molar-refractivity contribution in [3.8, 4) is 0 Å². The third-order valence-corrected chi connectivity index (χ3v) is 3.82. The van der Waals surface area contributed by atoms with E-state index < -0.39 is 5.60 Å². The van der Waals surface area contributed by atoms with Crippen molar-refractivity contribution < 1.29 is 9.53 Å². The molecule has 1 aromatic carbocycles. The van der Waals surface area contributed by atoms with Crippen LogP contribution in [-0.4, -0.2) is 24.3 Å². The Labute approximate surface area is 147 Å². The summed E-state index contributed by atoms with van der Waals surface area (Å²) in [7, 11) is 0. The lowest BCUT2D eigenvalue weighted by atomic mass is 10.1. The number of ether oxygens (including phenoxy) is 1. The number of amides is 1. The molecule has 0 fully saturated rings. The van der Waals surface area contributed by atoms with Crippen LogP contribution in [0.3, 0.4) is 0 Å². The van der Waals surface area contributed by atoms with E-state index >= 15 is 0 Å². The van der Waals surface area contributed by atoms with Gasteiger partial charge in [-0.2, -0.15) is 0 Å². The number of carbonyl (C=O) groups excluding carboxylic acids is 1. The first-order chi connectivity index (χ1) is 11.3. The van der Waals surface area contributed by atoms with Crippen molar-refractivity contribution in [1.29, 1.82) is 0 Å². The molecule has 0 aromatic heterocycles. The van der Waals surface area contributed by atoms with Gasteiger partial charge in [0.15, 0.2) is 0 Å². The van der Waals surface area contributed by atoms with Crippen LogP contribution in [0.5, 0.6) is 0 Å². The highest BCUT2D eigenvalue weighted by Gasteiger charge is 2.17. The van der Waals surface area contributed by atoms with Crippen molar-refractivity contribution in [3.63, 3.8) is 0 Å². The van der Waals surface area contributed by atoms with Gasteiger partial charge in [-0.1, -0.05) is 51.0 Å². The molecule has 0 radical (unpaired) electrons. The highest BCUT2D eigenvalue weighted by Crippen LogP contribution is 2.08. The molecule has 136 valence electrons. The highest BCUT2D eigenvalue weighted by molar-refractivity contribution is 5.67.